The van der Waals surface area contributed by atoms with Gasteiger partial charge in [-0.15, -0.1) is 11.3 Å². The van der Waals surface area contributed by atoms with Crippen LogP contribution in [0.1, 0.15) is 49.4 Å². The molecule has 1 atom stereocenters. The van der Waals surface area contributed by atoms with Crippen LogP contribution in [-0.4, -0.2) is 37.3 Å². The Morgan fingerprint density at radius 1 is 1.29 bits per heavy atom. The average Bonchev–Trinajstić information content (AvgIpc) is 2.88. The molecule has 0 aromatic carbocycles. The van der Waals surface area contributed by atoms with Crippen LogP contribution in [0.5, 0.6) is 0 Å². The molecule has 8 heteroatoms. The van der Waals surface area contributed by atoms with E-state index < -0.39 is 20.8 Å². The third-order valence-electron chi connectivity index (χ3n) is 3.96. The van der Waals surface area contributed by atoms with Crippen LogP contribution in [0.25, 0.3) is 0 Å². The van der Waals surface area contributed by atoms with E-state index >= 15 is 0 Å². The second kappa shape index (κ2) is 6.15. The zero-order chi connectivity index (χ0) is 18.3. The van der Waals surface area contributed by atoms with Crippen molar-refractivity contribution in [2.75, 3.05) is 16.8 Å². The molecule has 24 heavy (non-hydrogen) atoms. The lowest BCUT2D eigenvalue weighted by atomic mass is 9.96. The maximum absolute atomic E-state index is 12.5. The molecule has 2 heterocycles. The van der Waals surface area contributed by atoms with Crippen LogP contribution >= 0.6 is 11.3 Å². The van der Waals surface area contributed by atoms with E-state index in [1.165, 1.54) is 11.3 Å². The molecule has 1 fully saturated rings. The quantitative estimate of drug-likeness (QED) is 0.852. The Hall–Kier alpha value is -1.41. The molecular weight excluding hydrogens is 348 g/mol. The zero-order valence-electron chi connectivity index (χ0n) is 14.6. The van der Waals surface area contributed by atoms with Crippen LogP contribution < -0.4 is 10.6 Å². The van der Waals surface area contributed by atoms with Gasteiger partial charge in [0.05, 0.1) is 26.9 Å². The van der Waals surface area contributed by atoms with Gasteiger partial charge in [-0.3, -0.25) is 9.59 Å². The molecular formula is C16H24N2O4S2. The van der Waals surface area contributed by atoms with Crippen molar-refractivity contribution in [3.05, 3.63) is 16.5 Å². The summed E-state index contributed by atoms with van der Waals surface area (Å²) in [6.07, 6.45) is 0.416. The number of rotatable bonds is 3. The van der Waals surface area contributed by atoms with E-state index in [9.17, 15) is 18.0 Å². The second-order valence-corrected chi connectivity index (χ2v) is 10.9. The van der Waals surface area contributed by atoms with Crippen molar-refractivity contribution in [1.29, 1.82) is 0 Å². The summed E-state index contributed by atoms with van der Waals surface area (Å²) in [4.78, 5) is 25.1. The number of aryl methyl sites for hydroxylation is 1. The van der Waals surface area contributed by atoms with Crippen molar-refractivity contribution < 1.29 is 18.0 Å². The lowest BCUT2D eigenvalue weighted by Crippen LogP contribution is -2.46. The standard InChI is InChI=1S/C16H24N2O4S2/c1-10-8-11(17-14(20)15(2,3)4)23-12(10)13(19)18-16(5)6-7-24(21,22)9-16/h8H,6-7,9H2,1-5H3,(H,17,20)(H,18,19). The highest BCUT2D eigenvalue weighted by atomic mass is 32.2. The molecule has 0 aliphatic carbocycles. The molecule has 0 bridgehead atoms. The van der Waals surface area contributed by atoms with E-state index in [-0.39, 0.29) is 23.3 Å². The van der Waals surface area contributed by atoms with Crippen molar-refractivity contribution in [2.24, 2.45) is 5.41 Å². The van der Waals surface area contributed by atoms with Crippen molar-refractivity contribution >= 4 is 38.0 Å². The molecule has 2 amide bonds. The third kappa shape index (κ3) is 4.36. The summed E-state index contributed by atoms with van der Waals surface area (Å²) in [6, 6.07) is 1.76. The first-order valence-corrected chi connectivity index (χ1v) is 10.4. The predicted octanol–water partition coefficient (Wildman–Crippen LogP) is 2.35. The summed E-state index contributed by atoms with van der Waals surface area (Å²) in [7, 11) is -3.09. The van der Waals surface area contributed by atoms with Crippen LogP contribution in [0, 0.1) is 12.3 Å². The minimum absolute atomic E-state index is 0.0379. The maximum Gasteiger partial charge on any atom is 0.262 e. The monoisotopic (exact) mass is 372 g/mol. The highest BCUT2D eigenvalue weighted by Gasteiger charge is 2.40. The second-order valence-electron chi connectivity index (χ2n) is 7.68. The first-order chi connectivity index (χ1) is 10.8. The number of amides is 2. The number of hydrogen-bond acceptors (Lipinski definition) is 5. The smallest absolute Gasteiger partial charge is 0.262 e. The van der Waals surface area contributed by atoms with Crippen molar-refractivity contribution in [2.45, 2.75) is 46.6 Å². The molecule has 1 unspecified atom stereocenters. The Labute approximate surface area is 146 Å². The lowest BCUT2D eigenvalue weighted by Gasteiger charge is -2.23. The SMILES string of the molecule is Cc1cc(NC(=O)C(C)(C)C)sc1C(=O)NC1(C)CCS(=O)(=O)C1. The van der Waals surface area contributed by atoms with Gasteiger partial charge in [0.2, 0.25) is 5.91 Å². The fourth-order valence-electron chi connectivity index (χ4n) is 2.51. The predicted molar refractivity (Wildman–Crippen MR) is 96.3 cm³/mol. The van der Waals surface area contributed by atoms with Crippen molar-refractivity contribution in [1.82, 2.24) is 5.32 Å². The highest BCUT2D eigenvalue weighted by Crippen LogP contribution is 2.30. The van der Waals surface area contributed by atoms with Crippen LogP contribution in [-0.2, 0) is 14.6 Å². The first-order valence-electron chi connectivity index (χ1n) is 7.76. The van der Waals surface area contributed by atoms with E-state index in [0.717, 1.165) is 5.56 Å². The topological polar surface area (TPSA) is 92.3 Å². The van der Waals surface area contributed by atoms with Crippen LogP contribution in [0.2, 0.25) is 0 Å². The maximum atomic E-state index is 12.5. The largest absolute Gasteiger partial charge is 0.345 e. The molecule has 1 aromatic rings. The minimum Gasteiger partial charge on any atom is -0.345 e. The number of hydrogen-bond donors (Lipinski definition) is 2. The minimum atomic E-state index is -3.09. The fraction of sp³-hybridized carbons (Fsp3) is 0.625. The molecule has 1 aliphatic heterocycles. The molecule has 6 nitrogen and oxygen atoms in total. The molecule has 0 saturated carbocycles. The molecule has 0 spiro atoms. The van der Waals surface area contributed by atoms with Gasteiger partial charge < -0.3 is 10.6 Å². The number of carbonyl (C=O) groups excluding carboxylic acids is 2. The van der Waals surface area contributed by atoms with Crippen LogP contribution in [0.4, 0.5) is 5.00 Å². The first kappa shape index (κ1) is 18.9. The molecule has 1 saturated heterocycles. The van der Waals surface area contributed by atoms with Gasteiger partial charge in [-0.25, -0.2) is 8.42 Å². The Bertz CT molecular complexity index is 774. The van der Waals surface area contributed by atoms with Crippen LogP contribution in [0.3, 0.4) is 0 Å². The molecule has 1 aromatic heterocycles. The van der Waals surface area contributed by atoms with Gasteiger partial charge in [0, 0.05) is 5.41 Å². The van der Waals surface area contributed by atoms with E-state index in [0.29, 0.717) is 16.3 Å². The van der Waals surface area contributed by atoms with E-state index in [1.54, 1.807) is 19.9 Å². The van der Waals surface area contributed by atoms with Gasteiger partial charge in [0.25, 0.3) is 5.91 Å². The fourth-order valence-corrected chi connectivity index (χ4v) is 5.56. The van der Waals surface area contributed by atoms with Gasteiger partial charge in [-0.05, 0) is 31.9 Å². The van der Waals surface area contributed by atoms with Gasteiger partial charge in [-0.1, -0.05) is 20.8 Å². The zero-order valence-corrected chi connectivity index (χ0v) is 16.3. The summed E-state index contributed by atoms with van der Waals surface area (Å²) in [5, 5.41) is 6.28. The normalized spacial score (nSPS) is 23.0. The number of anilines is 1. The van der Waals surface area contributed by atoms with E-state index in [2.05, 4.69) is 10.6 Å². The highest BCUT2D eigenvalue weighted by molar-refractivity contribution is 7.91. The van der Waals surface area contributed by atoms with Crippen molar-refractivity contribution in [3.8, 4) is 0 Å². The lowest BCUT2D eigenvalue weighted by molar-refractivity contribution is -0.123. The molecule has 1 aliphatic rings. The summed E-state index contributed by atoms with van der Waals surface area (Å²) >= 11 is 1.20. The third-order valence-corrected chi connectivity index (χ3v) is 7.01. The molecule has 2 rings (SSSR count). The van der Waals surface area contributed by atoms with E-state index in [4.69, 9.17) is 0 Å². The number of carbonyl (C=O) groups is 2. The summed E-state index contributed by atoms with van der Waals surface area (Å²) in [5.74, 6) is -0.359. The Morgan fingerprint density at radius 2 is 1.92 bits per heavy atom. The Kier molecular flexibility index (Phi) is 4.85. The van der Waals surface area contributed by atoms with Crippen molar-refractivity contribution in [3.63, 3.8) is 0 Å². The molecule has 134 valence electrons. The average molecular weight is 373 g/mol. The van der Waals surface area contributed by atoms with Gasteiger partial charge in [0.15, 0.2) is 9.84 Å². The van der Waals surface area contributed by atoms with E-state index in [1.807, 2.05) is 20.8 Å². The Morgan fingerprint density at radius 3 is 2.42 bits per heavy atom. The number of sulfone groups is 1. The van der Waals surface area contributed by atoms with Gasteiger partial charge >= 0.3 is 0 Å². The summed E-state index contributed by atoms with van der Waals surface area (Å²) < 4.78 is 23.3. The molecule has 0 radical (unpaired) electrons. The summed E-state index contributed by atoms with van der Waals surface area (Å²) in [6.45, 7) is 9.00. The van der Waals surface area contributed by atoms with Crippen LogP contribution in [0.15, 0.2) is 6.07 Å². The molecule has 2 N–H and O–H groups in total. The number of thiophene rings is 1. The number of nitrogens with one attached hydrogen (secondary N) is 2. The Balaban J connectivity index is 2.12. The van der Waals surface area contributed by atoms with Gasteiger partial charge in [0.1, 0.15) is 0 Å². The summed E-state index contributed by atoms with van der Waals surface area (Å²) in [5.41, 5.74) is -0.501. The van der Waals surface area contributed by atoms with Gasteiger partial charge in [-0.2, -0.15) is 0 Å².